The lowest BCUT2D eigenvalue weighted by atomic mass is 10.2. The van der Waals surface area contributed by atoms with Gasteiger partial charge >= 0.3 is 0 Å². The molecule has 5 nitrogen and oxygen atoms in total. The van der Waals surface area contributed by atoms with Crippen LogP contribution < -0.4 is 5.32 Å². The van der Waals surface area contributed by atoms with Crippen molar-refractivity contribution >= 4 is 34.7 Å². The molecule has 7 heteroatoms. The molecule has 2 heterocycles. The van der Waals surface area contributed by atoms with Crippen LogP contribution in [-0.2, 0) is 17.8 Å². The third kappa shape index (κ3) is 4.87. The van der Waals surface area contributed by atoms with Crippen LogP contribution in [0.2, 0.25) is 0 Å². The molecule has 27 heavy (non-hydrogen) atoms. The number of carbonyl (C=O) groups excluding carboxylic acids is 1. The van der Waals surface area contributed by atoms with Crippen molar-refractivity contribution in [2.24, 2.45) is 0 Å². The minimum atomic E-state index is -0.0656. The molecule has 2 aromatic heterocycles. The Morgan fingerprint density at radius 3 is 2.93 bits per heavy atom. The number of thioether (sulfide) groups is 1. The SMILES string of the molecule is C=CCn1c(SCC(=O)Nc2cccc(C)c2)nnc1-c1csc(CC)c1. The molecule has 0 spiro atoms. The van der Waals surface area contributed by atoms with Crippen LogP contribution in [0.25, 0.3) is 11.4 Å². The number of thiophene rings is 1. The summed E-state index contributed by atoms with van der Waals surface area (Å²) < 4.78 is 2.00. The zero-order chi connectivity index (χ0) is 19.2. The lowest BCUT2D eigenvalue weighted by molar-refractivity contribution is -0.113. The number of carbonyl (C=O) groups is 1. The summed E-state index contributed by atoms with van der Waals surface area (Å²) in [6, 6.07) is 9.90. The van der Waals surface area contributed by atoms with E-state index in [-0.39, 0.29) is 11.7 Å². The summed E-state index contributed by atoms with van der Waals surface area (Å²) >= 11 is 3.10. The first-order valence-electron chi connectivity index (χ1n) is 8.72. The summed E-state index contributed by atoms with van der Waals surface area (Å²) in [5.41, 5.74) is 2.97. The van der Waals surface area contributed by atoms with Crippen molar-refractivity contribution < 1.29 is 4.79 Å². The van der Waals surface area contributed by atoms with E-state index in [1.165, 1.54) is 16.6 Å². The Morgan fingerprint density at radius 1 is 1.37 bits per heavy atom. The average Bonchev–Trinajstić information content (AvgIpc) is 3.27. The van der Waals surface area contributed by atoms with Gasteiger partial charge < -0.3 is 5.32 Å². The van der Waals surface area contributed by atoms with Crippen molar-refractivity contribution in [1.82, 2.24) is 14.8 Å². The number of hydrogen-bond donors (Lipinski definition) is 1. The molecule has 0 bridgehead atoms. The summed E-state index contributed by atoms with van der Waals surface area (Å²) in [6.07, 6.45) is 2.82. The predicted molar refractivity (Wildman–Crippen MR) is 113 cm³/mol. The number of amides is 1. The summed E-state index contributed by atoms with van der Waals surface area (Å²) in [6.45, 7) is 8.56. The van der Waals surface area contributed by atoms with Gasteiger partial charge in [0.25, 0.3) is 0 Å². The van der Waals surface area contributed by atoms with Gasteiger partial charge in [0.05, 0.1) is 5.75 Å². The Hall–Kier alpha value is -2.38. The van der Waals surface area contributed by atoms with Crippen molar-refractivity contribution in [3.8, 4) is 11.4 Å². The first kappa shape index (κ1) is 19.4. The van der Waals surface area contributed by atoms with Gasteiger partial charge in [-0.3, -0.25) is 9.36 Å². The second-order valence-corrected chi connectivity index (χ2v) is 8.01. The highest BCUT2D eigenvalue weighted by Crippen LogP contribution is 2.28. The molecule has 0 fully saturated rings. The maximum atomic E-state index is 12.3. The Morgan fingerprint density at radius 2 is 2.22 bits per heavy atom. The van der Waals surface area contributed by atoms with Gasteiger partial charge in [0.15, 0.2) is 11.0 Å². The Bertz CT molecular complexity index is 945. The van der Waals surface area contributed by atoms with Crippen LogP contribution in [-0.4, -0.2) is 26.4 Å². The highest BCUT2D eigenvalue weighted by molar-refractivity contribution is 7.99. The van der Waals surface area contributed by atoms with Crippen molar-refractivity contribution in [2.45, 2.75) is 32.0 Å². The zero-order valence-corrected chi connectivity index (χ0v) is 17.1. The maximum Gasteiger partial charge on any atom is 0.234 e. The number of anilines is 1. The second kappa shape index (κ2) is 9.01. The second-order valence-electron chi connectivity index (χ2n) is 6.07. The molecule has 1 aromatic carbocycles. The highest BCUT2D eigenvalue weighted by Gasteiger charge is 2.16. The van der Waals surface area contributed by atoms with Gasteiger partial charge in [-0.15, -0.1) is 28.1 Å². The van der Waals surface area contributed by atoms with Crippen LogP contribution in [0.1, 0.15) is 17.4 Å². The molecule has 0 atom stereocenters. The maximum absolute atomic E-state index is 12.3. The number of nitrogens with zero attached hydrogens (tertiary/aromatic N) is 3. The number of aryl methyl sites for hydroxylation is 2. The third-order valence-electron chi connectivity index (χ3n) is 3.92. The quantitative estimate of drug-likeness (QED) is 0.438. The standard InChI is InChI=1S/C20H22N4OS2/c1-4-9-24-19(15-11-17(5-2)26-12-15)22-23-20(24)27-13-18(25)21-16-8-6-7-14(3)10-16/h4,6-8,10-12H,1,5,9,13H2,2-3H3,(H,21,25). The van der Waals surface area contributed by atoms with Gasteiger partial charge in [0, 0.05) is 28.1 Å². The van der Waals surface area contributed by atoms with Gasteiger partial charge in [-0.2, -0.15) is 0 Å². The summed E-state index contributed by atoms with van der Waals surface area (Å²) in [4.78, 5) is 13.6. The normalized spacial score (nSPS) is 10.7. The summed E-state index contributed by atoms with van der Waals surface area (Å²) in [5, 5.41) is 14.4. The van der Waals surface area contributed by atoms with E-state index in [1.54, 1.807) is 11.3 Å². The van der Waals surface area contributed by atoms with E-state index in [1.807, 2.05) is 41.8 Å². The molecule has 0 saturated carbocycles. The predicted octanol–water partition coefficient (Wildman–Crippen LogP) is 4.79. The van der Waals surface area contributed by atoms with E-state index in [0.29, 0.717) is 11.7 Å². The Balaban J connectivity index is 1.71. The number of benzene rings is 1. The first-order chi connectivity index (χ1) is 13.1. The van der Waals surface area contributed by atoms with Crippen LogP contribution in [0, 0.1) is 6.92 Å². The van der Waals surface area contributed by atoms with Crippen molar-refractivity contribution in [3.63, 3.8) is 0 Å². The Labute approximate surface area is 167 Å². The summed E-state index contributed by atoms with van der Waals surface area (Å²) in [7, 11) is 0. The number of rotatable bonds is 8. The van der Waals surface area contributed by atoms with Crippen LogP contribution in [0.4, 0.5) is 5.69 Å². The van der Waals surface area contributed by atoms with Crippen molar-refractivity contribution in [1.29, 1.82) is 0 Å². The lowest BCUT2D eigenvalue weighted by Crippen LogP contribution is -2.14. The molecule has 3 aromatic rings. The van der Waals surface area contributed by atoms with E-state index in [9.17, 15) is 4.79 Å². The van der Waals surface area contributed by atoms with Crippen LogP contribution in [0.15, 0.2) is 53.5 Å². The number of aromatic nitrogens is 3. The number of allylic oxidation sites excluding steroid dienone is 1. The molecule has 0 aliphatic carbocycles. The largest absolute Gasteiger partial charge is 0.325 e. The van der Waals surface area contributed by atoms with Gasteiger partial charge in [-0.1, -0.05) is 36.9 Å². The average molecular weight is 399 g/mol. The topological polar surface area (TPSA) is 59.8 Å². The molecule has 140 valence electrons. The van der Waals surface area contributed by atoms with Gasteiger partial charge in [0.2, 0.25) is 5.91 Å². The third-order valence-corrected chi connectivity index (χ3v) is 5.97. The van der Waals surface area contributed by atoms with Gasteiger partial charge in [-0.05, 0) is 37.1 Å². The number of nitrogens with one attached hydrogen (secondary N) is 1. The van der Waals surface area contributed by atoms with E-state index in [2.05, 4.69) is 40.5 Å². The first-order valence-corrected chi connectivity index (χ1v) is 10.6. The van der Waals surface area contributed by atoms with E-state index in [4.69, 9.17) is 0 Å². The Kier molecular flexibility index (Phi) is 6.47. The molecule has 1 N–H and O–H groups in total. The minimum Gasteiger partial charge on any atom is -0.325 e. The molecule has 1 amide bonds. The van der Waals surface area contributed by atoms with E-state index >= 15 is 0 Å². The van der Waals surface area contributed by atoms with Crippen LogP contribution >= 0.6 is 23.1 Å². The fourth-order valence-electron chi connectivity index (χ4n) is 2.64. The van der Waals surface area contributed by atoms with Crippen molar-refractivity contribution in [3.05, 3.63) is 58.8 Å². The van der Waals surface area contributed by atoms with Gasteiger partial charge in [-0.25, -0.2) is 0 Å². The van der Waals surface area contributed by atoms with Gasteiger partial charge in [0.1, 0.15) is 0 Å². The molecular formula is C20H22N4OS2. The molecule has 0 radical (unpaired) electrons. The van der Waals surface area contributed by atoms with E-state index < -0.39 is 0 Å². The molecular weight excluding hydrogens is 376 g/mol. The van der Waals surface area contributed by atoms with Crippen LogP contribution in [0.5, 0.6) is 0 Å². The van der Waals surface area contributed by atoms with Crippen molar-refractivity contribution in [2.75, 3.05) is 11.1 Å². The number of hydrogen-bond acceptors (Lipinski definition) is 5. The zero-order valence-electron chi connectivity index (χ0n) is 15.4. The molecule has 0 aliphatic heterocycles. The lowest BCUT2D eigenvalue weighted by Gasteiger charge is -2.08. The molecule has 0 aliphatic rings. The van der Waals surface area contributed by atoms with Crippen LogP contribution in [0.3, 0.4) is 0 Å². The molecule has 0 saturated heterocycles. The smallest absolute Gasteiger partial charge is 0.234 e. The van der Waals surface area contributed by atoms with E-state index in [0.717, 1.165) is 29.1 Å². The molecule has 3 rings (SSSR count). The fraction of sp³-hybridized carbons (Fsp3) is 0.250. The minimum absolute atomic E-state index is 0.0656. The highest BCUT2D eigenvalue weighted by atomic mass is 32.2. The molecule has 0 unspecified atom stereocenters. The fourth-order valence-corrected chi connectivity index (χ4v) is 4.20. The summed E-state index contributed by atoms with van der Waals surface area (Å²) in [5.74, 6) is 1.02. The monoisotopic (exact) mass is 398 g/mol.